The van der Waals surface area contributed by atoms with Crippen LogP contribution in [-0.4, -0.2) is 36.6 Å². The van der Waals surface area contributed by atoms with Gasteiger partial charge in [-0.05, 0) is 80.8 Å². The lowest BCUT2D eigenvalue weighted by molar-refractivity contribution is -0.115. The normalized spacial score (nSPS) is 10.9. The Labute approximate surface area is 196 Å². The smallest absolute Gasteiger partial charge is 0.374 e. The van der Waals surface area contributed by atoms with Gasteiger partial charge in [-0.2, -0.15) is 5.26 Å². The van der Waals surface area contributed by atoms with Crippen molar-refractivity contribution in [2.75, 3.05) is 25.0 Å². The third-order valence-corrected chi connectivity index (χ3v) is 5.51. The summed E-state index contributed by atoms with van der Waals surface area (Å²) in [5, 5.41) is 16.9. The summed E-state index contributed by atoms with van der Waals surface area (Å²) in [6, 6.07) is 14.7. The molecule has 4 aromatic rings. The number of ether oxygens (including phenoxy) is 1. The lowest BCUT2D eigenvalue weighted by Crippen LogP contribution is -2.28. The van der Waals surface area contributed by atoms with Crippen LogP contribution in [0.25, 0.3) is 21.9 Å². The zero-order chi connectivity index (χ0) is 23.9. The second-order valence-electron chi connectivity index (χ2n) is 7.95. The average molecular weight is 459 g/mol. The van der Waals surface area contributed by atoms with Crippen LogP contribution < -0.4 is 10.6 Å². The highest BCUT2D eigenvalue weighted by Gasteiger charge is 2.14. The van der Waals surface area contributed by atoms with Gasteiger partial charge in [0.15, 0.2) is 0 Å². The summed E-state index contributed by atoms with van der Waals surface area (Å²) in [5.74, 6) is -0.514. The van der Waals surface area contributed by atoms with E-state index in [0.29, 0.717) is 22.2 Å². The van der Waals surface area contributed by atoms with Crippen molar-refractivity contribution in [2.24, 2.45) is 0 Å². The molecule has 0 aliphatic heterocycles. The predicted molar refractivity (Wildman–Crippen MR) is 130 cm³/mol. The lowest BCUT2D eigenvalue weighted by Gasteiger charge is -2.07. The Morgan fingerprint density at radius 3 is 2.85 bits per heavy atom. The van der Waals surface area contributed by atoms with E-state index in [2.05, 4.69) is 21.7 Å². The Morgan fingerprint density at radius 1 is 1.15 bits per heavy atom. The van der Waals surface area contributed by atoms with E-state index in [-0.39, 0.29) is 24.8 Å². The largest absolute Gasteiger partial charge is 0.460 e. The monoisotopic (exact) mass is 458 g/mol. The number of nitriles is 1. The van der Waals surface area contributed by atoms with Crippen LogP contribution in [0.15, 0.2) is 53.1 Å². The number of nitrogens with zero attached hydrogens (tertiary/aromatic N) is 1. The number of aromatic nitrogens is 1. The van der Waals surface area contributed by atoms with E-state index in [1.54, 1.807) is 31.2 Å². The zero-order valence-corrected chi connectivity index (χ0v) is 18.9. The summed E-state index contributed by atoms with van der Waals surface area (Å²) in [5.41, 5.74) is 4.08. The molecule has 0 spiro atoms. The number of aromatic amines is 1. The van der Waals surface area contributed by atoms with E-state index in [4.69, 9.17) is 14.4 Å². The number of furan rings is 1. The zero-order valence-electron chi connectivity index (χ0n) is 18.9. The Hall–Kier alpha value is -4.09. The number of carbonyl (C=O) groups excluding carboxylic acids is 2. The third-order valence-electron chi connectivity index (χ3n) is 5.51. The van der Waals surface area contributed by atoms with E-state index in [1.807, 2.05) is 24.4 Å². The Bertz CT molecular complexity index is 1360. The molecule has 0 unspecified atom stereocenters. The first-order valence-electron chi connectivity index (χ1n) is 11.3. The number of hydrogen-bond acceptors (Lipinski definition) is 6. The molecule has 1 amide bonds. The first-order chi connectivity index (χ1) is 16.6. The number of aryl methyl sites for hydroxylation is 1. The molecule has 2 aromatic heterocycles. The lowest BCUT2D eigenvalue weighted by atomic mass is 10.1. The first kappa shape index (κ1) is 23.1. The highest BCUT2D eigenvalue weighted by atomic mass is 16.5. The molecule has 0 saturated heterocycles. The Balaban J connectivity index is 1.20. The van der Waals surface area contributed by atoms with Crippen LogP contribution in [-0.2, 0) is 16.0 Å². The molecule has 3 N–H and O–H groups in total. The van der Waals surface area contributed by atoms with Crippen molar-refractivity contribution in [1.29, 1.82) is 5.26 Å². The van der Waals surface area contributed by atoms with Gasteiger partial charge in [0, 0.05) is 28.2 Å². The fourth-order valence-corrected chi connectivity index (χ4v) is 3.85. The minimum atomic E-state index is -0.509. The molecule has 0 atom stereocenters. The number of anilines is 1. The van der Waals surface area contributed by atoms with Gasteiger partial charge in [0.2, 0.25) is 11.7 Å². The third kappa shape index (κ3) is 5.45. The van der Waals surface area contributed by atoms with Gasteiger partial charge in [-0.25, -0.2) is 4.79 Å². The van der Waals surface area contributed by atoms with Gasteiger partial charge in [0.25, 0.3) is 0 Å². The quantitative estimate of drug-likeness (QED) is 0.237. The number of fused-ring (bicyclic) bond motifs is 2. The molecular formula is C26H26N4O4. The molecule has 0 fully saturated rings. The van der Waals surface area contributed by atoms with E-state index in [9.17, 15) is 9.59 Å². The Morgan fingerprint density at radius 2 is 2.03 bits per heavy atom. The Kier molecular flexibility index (Phi) is 7.25. The van der Waals surface area contributed by atoms with Gasteiger partial charge >= 0.3 is 5.97 Å². The molecule has 0 radical (unpaired) electrons. The number of nitrogens with one attached hydrogen (secondary N) is 3. The molecule has 34 heavy (non-hydrogen) atoms. The van der Waals surface area contributed by atoms with Crippen LogP contribution in [0.1, 0.15) is 41.4 Å². The van der Waals surface area contributed by atoms with Gasteiger partial charge in [-0.3, -0.25) is 4.79 Å². The van der Waals surface area contributed by atoms with E-state index in [0.717, 1.165) is 36.7 Å². The van der Waals surface area contributed by atoms with Gasteiger partial charge in [-0.15, -0.1) is 0 Å². The number of benzene rings is 2. The molecule has 0 aliphatic rings. The SMILES string of the molecule is CCOC(=O)c1cc2cc(NC(=O)CNCCCCc3c[nH]c4ccc(C#N)cc34)ccc2o1. The summed E-state index contributed by atoms with van der Waals surface area (Å²) in [6.07, 6.45) is 4.80. The van der Waals surface area contributed by atoms with Crippen LogP contribution in [0, 0.1) is 11.3 Å². The molecule has 2 heterocycles. The highest BCUT2D eigenvalue weighted by Crippen LogP contribution is 2.24. The van der Waals surface area contributed by atoms with Crippen molar-refractivity contribution >= 4 is 39.4 Å². The number of esters is 1. The van der Waals surface area contributed by atoms with Crippen molar-refractivity contribution in [3.05, 3.63) is 65.5 Å². The molecule has 8 heteroatoms. The summed E-state index contributed by atoms with van der Waals surface area (Å²) < 4.78 is 10.4. The van der Waals surface area contributed by atoms with Crippen LogP contribution in [0.5, 0.6) is 0 Å². The maximum atomic E-state index is 12.3. The predicted octanol–water partition coefficient (Wildman–Crippen LogP) is 4.51. The summed E-state index contributed by atoms with van der Waals surface area (Å²) in [7, 11) is 0. The molecule has 0 bridgehead atoms. The molecule has 0 saturated carbocycles. The number of unbranched alkanes of at least 4 members (excludes halogenated alkanes) is 1. The van der Waals surface area contributed by atoms with Crippen molar-refractivity contribution in [1.82, 2.24) is 10.3 Å². The second-order valence-corrected chi connectivity index (χ2v) is 7.95. The second kappa shape index (κ2) is 10.7. The maximum absolute atomic E-state index is 12.3. The van der Waals surface area contributed by atoms with Crippen LogP contribution >= 0.6 is 0 Å². The van der Waals surface area contributed by atoms with Crippen LogP contribution in [0.4, 0.5) is 5.69 Å². The topological polar surface area (TPSA) is 120 Å². The summed E-state index contributed by atoms with van der Waals surface area (Å²) in [4.78, 5) is 27.3. The van der Waals surface area contributed by atoms with Gasteiger partial charge in [-0.1, -0.05) is 0 Å². The molecular weight excluding hydrogens is 432 g/mol. The standard InChI is InChI=1S/C26H26N4O4/c1-2-33-26(32)24-13-19-12-20(7-9-23(19)34-24)30-25(31)16-28-10-4-3-5-18-15-29-22-8-6-17(14-27)11-21(18)22/h6-9,11-13,15,28-29H,2-5,10,16H2,1H3,(H,30,31). The summed E-state index contributed by atoms with van der Waals surface area (Å²) >= 11 is 0. The number of H-pyrrole nitrogens is 1. The van der Waals surface area contributed by atoms with Gasteiger partial charge in [0.05, 0.1) is 24.8 Å². The molecule has 4 rings (SSSR count). The highest BCUT2D eigenvalue weighted by molar-refractivity contribution is 5.97. The molecule has 0 aliphatic carbocycles. The van der Waals surface area contributed by atoms with Crippen LogP contribution in [0.2, 0.25) is 0 Å². The average Bonchev–Trinajstić information content (AvgIpc) is 3.45. The van der Waals surface area contributed by atoms with Gasteiger partial charge < -0.3 is 24.8 Å². The molecule has 174 valence electrons. The summed E-state index contributed by atoms with van der Waals surface area (Å²) in [6.45, 7) is 2.94. The van der Waals surface area contributed by atoms with Crippen molar-refractivity contribution in [2.45, 2.75) is 26.2 Å². The molecule has 8 nitrogen and oxygen atoms in total. The van der Waals surface area contributed by atoms with Crippen LogP contribution in [0.3, 0.4) is 0 Å². The number of rotatable bonds is 10. The van der Waals surface area contributed by atoms with Crippen molar-refractivity contribution in [3.8, 4) is 6.07 Å². The number of carbonyl (C=O) groups is 2. The van der Waals surface area contributed by atoms with E-state index >= 15 is 0 Å². The first-order valence-corrected chi connectivity index (χ1v) is 11.3. The minimum absolute atomic E-state index is 0.139. The number of amides is 1. The van der Waals surface area contributed by atoms with E-state index < -0.39 is 5.97 Å². The van der Waals surface area contributed by atoms with Gasteiger partial charge in [0.1, 0.15) is 5.58 Å². The fraction of sp³-hybridized carbons (Fsp3) is 0.269. The fourth-order valence-electron chi connectivity index (χ4n) is 3.85. The molecule has 2 aromatic carbocycles. The van der Waals surface area contributed by atoms with Crippen molar-refractivity contribution in [3.63, 3.8) is 0 Å². The minimum Gasteiger partial charge on any atom is -0.460 e. The van der Waals surface area contributed by atoms with E-state index in [1.165, 1.54) is 5.56 Å². The maximum Gasteiger partial charge on any atom is 0.374 e. The van der Waals surface area contributed by atoms with Crippen molar-refractivity contribution < 1.29 is 18.7 Å². The number of hydrogen-bond donors (Lipinski definition) is 3.